The minimum absolute atomic E-state index is 0.00152. The van der Waals surface area contributed by atoms with E-state index >= 15 is 0 Å². The van der Waals surface area contributed by atoms with Gasteiger partial charge in [-0.2, -0.15) is 5.10 Å². The molecule has 3 rings (SSSR count). The Bertz CT molecular complexity index is 1180. The van der Waals surface area contributed by atoms with E-state index in [0.29, 0.717) is 37.2 Å². The summed E-state index contributed by atoms with van der Waals surface area (Å²) < 4.78 is 2.97. The molecule has 9 heteroatoms. The topological polar surface area (TPSA) is 119 Å². The molecular weight excluding hydrogens is 396 g/mol. The van der Waals surface area contributed by atoms with Crippen LogP contribution in [0, 0.1) is 6.92 Å². The van der Waals surface area contributed by atoms with Crippen molar-refractivity contribution in [2.45, 2.75) is 46.6 Å². The largest absolute Gasteiger partial charge is 0.383 e. The number of rotatable bonds is 8. The molecular formula is C22H28N6O3. The van der Waals surface area contributed by atoms with Gasteiger partial charge in [-0.3, -0.25) is 19.1 Å². The van der Waals surface area contributed by atoms with Gasteiger partial charge in [0.15, 0.2) is 5.69 Å². The predicted molar refractivity (Wildman–Crippen MR) is 121 cm³/mol. The standard InChI is InChI=1S/C22H28N6O3/c1-4-6-13-26(18-19(23)27(12-5-2)22(31)25-20(18)29)21(30)17-14-24-28(15(17)3)16-10-8-7-9-11-16/h7-11,14H,4-6,12-13,23H2,1-3H3,(H,25,29,31). The minimum atomic E-state index is -0.674. The van der Waals surface area contributed by atoms with Crippen molar-refractivity contribution in [2.75, 3.05) is 17.2 Å². The fourth-order valence-electron chi connectivity index (χ4n) is 3.51. The first-order valence-corrected chi connectivity index (χ1v) is 10.4. The van der Waals surface area contributed by atoms with Crippen molar-refractivity contribution < 1.29 is 4.79 Å². The third-order valence-corrected chi connectivity index (χ3v) is 5.15. The van der Waals surface area contributed by atoms with Gasteiger partial charge in [-0.25, -0.2) is 9.48 Å². The maximum absolute atomic E-state index is 13.6. The lowest BCUT2D eigenvalue weighted by molar-refractivity contribution is 0.0985. The number of aromatic amines is 1. The molecule has 0 aliphatic carbocycles. The number of H-pyrrole nitrogens is 1. The molecule has 0 aliphatic rings. The van der Waals surface area contributed by atoms with Gasteiger partial charge in [-0.15, -0.1) is 0 Å². The number of nitrogen functional groups attached to an aromatic ring is 1. The predicted octanol–water partition coefficient (Wildman–Crippen LogP) is 2.47. The van der Waals surface area contributed by atoms with Crippen LogP contribution in [-0.4, -0.2) is 31.8 Å². The van der Waals surface area contributed by atoms with Crippen LogP contribution >= 0.6 is 0 Å². The first kappa shape index (κ1) is 22.1. The summed E-state index contributed by atoms with van der Waals surface area (Å²) in [6, 6.07) is 9.48. The van der Waals surface area contributed by atoms with Gasteiger partial charge in [0.1, 0.15) is 5.82 Å². The number of nitrogens with two attached hydrogens (primary N) is 1. The van der Waals surface area contributed by atoms with Gasteiger partial charge in [-0.05, 0) is 31.9 Å². The number of unbranched alkanes of at least 4 members (excludes halogenated alkanes) is 1. The Balaban J connectivity index is 2.10. The lowest BCUT2D eigenvalue weighted by Crippen LogP contribution is -2.41. The molecule has 0 fully saturated rings. The van der Waals surface area contributed by atoms with Gasteiger partial charge < -0.3 is 10.6 Å². The first-order valence-electron chi connectivity index (χ1n) is 10.4. The summed E-state index contributed by atoms with van der Waals surface area (Å²) in [5, 5.41) is 4.37. The molecule has 0 unspecified atom stereocenters. The number of benzene rings is 1. The van der Waals surface area contributed by atoms with Gasteiger partial charge >= 0.3 is 5.69 Å². The third kappa shape index (κ3) is 4.30. The highest BCUT2D eigenvalue weighted by molar-refractivity contribution is 6.07. The van der Waals surface area contributed by atoms with Crippen molar-refractivity contribution in [1.82, 2.24) is 19.3 Å². The quantitative estimate of drug-likeness (QED) is 0.576. The van der Waals surface area contributed by atoms with Crippen LogP contribution in [0.4, 0.5) is 11.5 Å². The molecule has 31 heavy (non-hydrogen) atoms. The van der Waals surface area contributed by atoms with E-state index in [4.69, 9.17) is 5.73 Å². The number of carbonyl (C=O) groups is 1. The van der Waals surface area contributed by atoms with Crippen molar-refractivity contribution in [3.63, 3.8) is 0 Å². The molecule has 0 radical (unpaired) electrons. The number of amides is 1. The molecule has 1 amide bonds. The number of para-hydroxylation sites is 1. The summed E-state index contributed by atoms with van der Waals surface area (Å²) in [5.41, 5.74) is 6.81. The Kier molecular flexibility index (Phi) is 6.74. The fourth-order valence-corrected chi connectivity index (χ4v) is 3.51. The molecule has 2 aromatic heterocycles. The number of carbonyl (C=O) groups excluding carboxylic acids is 1. The van der Waals surface area contributed by atoms with E-state index in [1.54, 1.807) is 11.6 Å². The summed E-state index contributed by atoms with van der Waals surface area (Å²) in [6.45, 7) is 6.33. The molecule has 0 aliphatic heterocycles. The Hall–Kier alpha value is -3.62. The summed E-state index contributed by atoms with van der Waals surface area (Å²) in [4.78, 5) is 42.1. The fraction of sp³-hybridized carbons (Fsp3) is 0.364. The van der Waals surface area contributed by atoms with E-state index in [1.807, 2.05) is 44.2 Å². The zero-order valence-electron chi connectivity index (χ0n) is 18.1. The summed E-state index contributed by atoms with van der Waals surface area (Å²) in [5.74, 6) is -0.389. The summed E-state index contributed by atoms with van der Waals surface area (Å²) in [6.07, 6.45) is 3.64. The van der Waals surface area contributed by atoms with Crippen molar-refractivity contribution in [1.29, 1.82) is 0 Å². The van der Waals surface area contributed by atoms with Crippen LogP contribution in [0.25, 0.3) is 5.69 Å². The second kappa shape index (κ2) is 9.46. The molecule has 0 spiro atoms. The van der Waals surface area contributed by atoms with Crippen LogP contribution in [0.1, 0.15) is 49.2 Å². The second-order valence-electron chi connectivity index (χ2n) is 7.35. The molecule has 1 aromatic carbocycles. The second-order valence-corrected chi connectivity index (χ2v) is 7.35. The number of hydrogen-bond donors (Lipinski definition) is 2. The third-order valence-electron chi connectivity index (χ3n) is 5.15. The summed E-state index contributed by atoms with van der Waals surface area (Å²) >= 11 is 0. The van der Waals surface area contributed by atoms with E-state index in [0.717, 1.165) is 12.1 Å². The highest BCUT2D eigenvalue weighted by Crippen LogP contribution is 2.22. The van der Waals surface area contributed by atoms with Crippen LogP contribution in [-0.2, 0) is 6.54 Å². The number of aromatic nitrogens is 4. The van der Waals surface area contributed by atoms with Gasteiger partial charge in [0.25, 0.3) is 11.5 Å². The number of hydrogen-bond acceptors (Lipinski definition) is 5. The van der Waals surface area contributed by atoms with E-state index in [1.165, 1.54) is 15.7 Å². The molecule has 0 atom stereocenters. The molecule has 0 bridgehead atoms. The molecule has 164 valence electrons. The van der Waals surface area contributed by atoms with Crippen LogP contribution in [0.15, 0.2) is 46.1 Å². The van der Waals surface area contributed by atoms with Gasteiger partial charge in [0, 0.05) is 13.1 Å². The highest BCUT2D eigenvalue weighted by Gasteiger charge is 2.27. The highest BCUT2D eigenvalue weighted by atomic mass is 16.2. The van der Waals surface area contributed by atoms with E-state index in [2.05, 4.69) is 10.1 Å². The zero-order valence-corrected chi connectivity index (χ0v) is 18.1. The minimum Gasteiger partial charge on any atom is -0.383 e. The molecule has 2 heterocycles. The SMILES string of the molecule is CCCCN(C(=O)c1cnn(-c2ccccc2)c1C)c1c(N)n(CCC)c(=O)[nH]c1=O. The van der Waals surface area contributed by atoms with Crippen molar-refractivity contribution in [3.05, 3.63) is 68.6 Å². The monoisotopic (exact) mass is 424 g/mol. The molecule has 0 saturated heterocycles. The Labute approximate surface area is 180 Å². The van der Waals surface area contributed by atoms with Crippen LogP contribution in [0.5, 0.6) is 0 Å². The normalized spacial score (nSPS) is 10.9. The van der Waals surface area contributed by atoms with Crippen molar-refractivity contribution >= 4 is 17.4 Å². The molecule has 3 aromatic rings. The Morgan fingerprint density at radius 1 is 1.16 bits per heavy atom. The molecule has 9 nitrogen and oxygen atoms in total. The molecule has 0 saturated carbocycles. The van der Waals surface area contributed by atoms with E-state index in [9.17, 15) is 14.4 Å². The van der Waals surface area contributed by atoms with Crippen molar-refractivity contribution in [3.8, 4) is 5.69 Å². The first-order chi connectivity index (χ1) is 14.9. The van der Waals surface area contributed by atoms with Gasteiger partial charge in [-0.1, -0.05) is 38.5 Å². The smallest absolute Gasteiger partial charge is 0.330 e. The van der Waals surface area contributed by atoms with E-state index < -0.39 is 11.2 Å². The maximum atomic E-state index is 13.6. The average Bonchev–Trinajstić information content (AvgIpc) is 3.14. The van der Waals surface area contributed by atoms with Gasteiger partial charge in [0.2, 0.25) is 0 Å². The number of anilines is 2. The van der Waals surface area contributed by atoms with Crippen LogP contribution in [0.2, 0.25) is 0 Å². The average molecular weight is 425 g/mol. The number of nitrogens with zero attached hydrogens (tertiary/aromatic N) is 4. The summed E-state index contributed by atoms with van der Waals surface area (Å²) in [7, 11) is 0. The van der Waals surface area contributed by atoms with Gasteiger partial charge in [0.05, 0.1) is 23.1 Å². The van der Waals surface area contributed by atoms with Crippen LogP contribution in [0.3, 0.4) is 0 Å². The van der Waals surface area contributed by atoms with E-state index in [-0.39, 0.29) is 17.4 Å². The van der Waals surface area contributed by atoms with Crippen LogP contribution < -0.4 is 21.9 Å². The lowest BCUT2D eigenvalue weighted by Gasteiger charge is -2.24. The molecule has 3 N–H and O–H groups in total. The number of nitrogens with one attached hydrogen (secondary N) is 1. The lowest BCUT2D eigenvalue weighted by atomic mass is 10.2. The Morgan fingerprint density at radius 2 is 1.87 bits per heavy atom. The Morgan fingerprint density at radius 3 is 2.52 bits per heavy atom. The zero-order chi connectivity index (χ0) is 22.5. The van der Waals surface area contributed by atoms with Crippen molar-refractivity contribution in [2.24, 2.45) is 0 Å². The maximum Gasteiger partial charge on any atom is 0.330 e.